The molecule has 0 bridgehead atoms. The molecule has 2 aromatic rings. The van der Waals surface area contributed by atoms with Crippen molar-refractivity contribution in [1.29, 1.82) is 0 Å². The molecule has 13 heavy (non-hydrogen) atoms. The van der Waals surface area contributed by atoms with Crippen LogP contribution in [0, 0.1) is 5.82 Å². The van der Waals surface area contributed by atoms with Gasteiger partial charge in [0.15, 0.2) is 11.6 Å². The van der Waals surface area contributed by atoms with Crippen LogP contribution in [-0.4, -0.2) is 19.7 Å². The molecule has 2 N–H and O–H groups in total. The summed E-state index contributed by atoms with van der Waals surface area (Å²) in [6, 6.07) is 2.79. The highest BCUT2D eigenvalue weighted by Crippen LogP contribution is 2.07. The van der Waals surface area contributed by atoms with Crippen LogP contribution in [0.1, 0.15) is 0 Å². The number of nitrogens with two attached hydrogens (primary N) is 1. The van der Waals surface area contributed by atoms with Gasteiger partial charge < -0.3 is 5.73 Å². The van der Waals surface area contributed by atoms with E-state index in [1.807, 2.05) is 0 Å². The third kappa shape index (κ3) is 1.33. The van der Waals surface area contributed by atoms with E-state index in [4.69, 9.17) is 5.73 Å². The van der Waals surface area contributed by atoms with Crippen LogP contribution in [-0.2, 0) is 0 Å². The summed E-state index contributed by atoms with van der Waals surface area (Å²) in [6.07, 6.45) is 2.77. The van der Waals surface area contributed by atoms with Gasteiger partial charge >= 0.3 is 0 Å². The van der Waals surface area contributed by atoms with Gasteiger partial charge in [-0.2, -0.15) is 4.68 Å². The molecular formula is C7H6FN5. The SMILES string of the molecule is Nc1ncn(-c2ncccc2F)n1. The predicted molar refractivity (Wildman–Crippen MR) is 43.5 cm³/mol. The zero-order valence-corrected chi connectivity index (χ0v) is 6.55. The number of nitrogen functional groups attached to an aromatic ring is 1. The molecule has 2 rings (SSSR count). The van der Waals surface area contributed by atoms with Crippen LogP contribution < -0.4 is 5.73 Å². The molecule has 0 fully saturated rings. The zero-order valence-electron chi connectivity index (χ0n) is 6.55. The van der Waals surface area contributed by atoms with E-state index in [0.29, 0.717) is 0 Å². The fourth-order valence-corrected chi connectivity index (χ4v) is 0.924. The number of hydrogen-bond acceptors (Lipinski definition) is 4. The quantitative estimate of drug-likeness (QED) is 0.687. The van der Waals surface area contributed by atoms with Crippen LogP contribution in [0.15, 0.2) is 24.7 Å². The minimum absolute atomic E-state index is 0.0880. The van der Waals surface area contributed by atoms with Crippen molar-refractivity contribution in [3.8, 4) is 5.82 Å². The molecule has 66 valence electrons. The van der Waals surface area contributed by atoms with Gasteiger partial charge in [-0.05, 0) is 12.1 Å². The molecule has 0 saturated heterocycles. The molecule has 0 amide bonds. The first kappa shape index (κ1) is 7.66. The molecule has 0 unspecified atom stereocenters. The highest BCUT2D eigenvalue weighted by Gasteiger charge is 2.05. The third-order valence-corrected chi connectivity index (χ3v) is 1.47. The van der Waals surface area contributed by atoms with Gasteiger partial charge in [-0.25, -0.2) is 14.4 Å². The molecule has 0 saturated carbocycles. The number of nitrogens with zero attached hydrogens (tertiary/aromatic N) is 4. The Morgan fingerprint density at radius 2 is 2.23 bits per heavy atom. The van der Waals surface area contributed by atoms with Gasteiger partial charge in [-0.3, -0.25) is 0 Å². The van der Waals surface area contributed by atoms with Crippen molar-refractivity contribution in [2.24, 2.45) is 0 Å². The Labute approximate surface area is 73.0 Å². The van der Waals surface area contributed by atoms with Gasteiger partial charge in [-0.1, -0.05) is 0 Å². The number of halogens is 1. The largest absolute Gasteiger partial charge is 0.366 e. The predicted octanol–water partition coefficient (Wildman–Crippen LogP) is 0.384. The minimum Gasteiger partial charge on any atom is -0.366 e. The molecule has 0 spiro atoms. The van der Waals surface area contributed by atoms with Crippen LogP contribution in [0.3, 0.4) is 0 Å². The monoisotopic (exact) mass is 179 g/mol. The van der Waals surface area contributed by atoms with E-state index in [9.17, 15) is 4.39 Å². The van der Waals surface area contributed by atoms with Crippen molar-refractivity contribution in [3.63, 3.8) is 0 Å². The van der Waals surface area contributed by atoms with Gasteiger partial charge in [0.1, 0.15) is 6.33 Å². The van der Waals surface area contributed by atoms with Gasteiger partial charge in [0.05, 0.1) is 0 Å². The van der Waals surface area contributed by atoms with Crippen molar-refractivity contribution in [2.75, 3.05) is 5.73 Å². The van der Waals surface area contributed by atoms with E-state index < -0.39 is 5.82 Å². The number of aromatic nitrogens is 4. The maximum atomic E-state index is 13.1. The maximum absolute atomic E-state index is 13.1. The van der Waals surface area contributed by atoms with E-state index in [2.05, 4.69) is 15.1 Å². The maximum Gasteiger partial charge on any atom is 0.239 e. The summed E-state index contributed by atoms with van der Waals surface area (Å²) in [5.74, 6) is -0.288. The second-order valence-electron chi connectivity index (χ2n) is 2.36. The Morgan fingerprint density at radius 1 is 1.38 bits per heavy atom. The summed E-state index contributed by atoms with van der Waals surface area (Å²) in [4.78, 5) is 7.45. The standard InChI is InChI=1S/C7H6FN5/c8-5-2-1-3-10-6(5)13-4-11-7(9)12-13/h1-4H,(H2,9,12). The van der Waals surface area contributed by atoms with Gasteiger partial charge in [0.25, 0.3) is 0 Å². The lowest BCUT2D eigenvalue weighted by molar-refractivity contribution is 0.600. The smallest absolute Gasteiger partial charge is 0.239 e. The molecule has 2 aromatic heterocycles. The molecule has 0 atom stereocenters. The highest BCUT2D eigenvalue weighted by molar-refractivity contribution is 5.24. The average Bonchev–Trinajstić information content (AvgIpc) is 2.53. The number of anilines is 1. The highest BCUT2D eigenvalue weighted by atomic mass is 19.1. The van der Waals surface area contributed by atoms with Crippen LogP contribution in [0.25, 0.3) is 5.82 Å². The first-order chi connectivity index (χ1) is 6.27. The van der Waals surface area contributed by atoms with Crippen molar-refractivity contribution < 1.29 is 4.39 Å². The number of pyridine rings is 1. The lowest BCUT2D eigenvalue weighted by Crippen LogP contribution is -2.01. The van der Waals surface area contributed by atoms with Crippen molar-refractivity contribution in [3.05, 3.63) is 30.5 Å². The van der Waals surface area contributed by atoms with E-state index in [1.165, 1.54) is 29.3 Å². The third-order valence-electron chi connectivity index (χ3n) is 1.47. The summed E-state index contributed by atoms with van der Waals surface area (Å²) in [5, 5.41) is 3.72. The molecule has 0 aliphatic heterocycles. The van der Waals surface area contributed by atoms with Crippen LogP contribution >= 0.6 is 0 Å². The summed E-state index contributed by atoms with van der Waals surface area (Å²) in [5.41, 5.74) is 5.27. The van der Waals surface area contributed by atoms with E-state index in [0.717, 1.165) is 0 Å². The Bertz CT molecular complexity index is 424. The number of hydrogen-bond donors (Lipinski definition) is 1. The van der Waals surface area contributed by atoms with E-state index in [1.54, 1.807) is 0 Å². The molecular weight excluding hydrogens is 173 g/mol. The van der Waals surface area contributed by atoms with Crippen LogP contribution in [0.4, 0.5) is 10.3 Å². The molecule has 6 heteroatoms. The van der Waals surface area contributed by atoms with E-state index >= 15 is 0 Å². The lowest BCUT2D eigenvalue weighted by atomic mass is 10.4. The zero-order chi connectivity index (χ0) is 9.26. The fraction of sp³-hybridized carbons (Fsp3) is 0. The lowest BCUT2D eigenvalue weighted by Gasteiger charge is -1.98. The molecule has 0 radical (unpaired) electrons. The summed E-state index contributed by atoms with van der Waals surface area (Å²) >= 11 is 0. The normalized spacial score (nSPS) is 10.2. The summed E-state index contributed by atoms with van der Waals surface area (Å²) in [6.45, 7) is 0. The summed E-state index contributed by atoms with van der Waals surface area (Å²) < 4.78 is 14.3. The Kier molecular flexibility index (Phi) is 1.66. The molecule has 0 aliphatic carbocycles. The van der Waals surface area contributed by atoms with Crippen molar-refractivity contribution in [1.82, 2.24) is 19.7 Å². The van der Waals surface area contributed by atoms with Crippen LogP contribution in [0.2, 0.25) is 0 Å². The van der Waals surface area contributed by atoms with Gasteiger partial charge in [0, 0.05) is 6.20 Å². The summed E-state index contributed by atoms with van der Waals surface area (Å²) in [7, 11) is 0. The Morgan fingerprint density at radius 3 is 2.85 bits per heavy atom. The Balaban J connectivity index is 2.52. The topological polar surface area (TPSA) is 69.6 Å². The molecule has 0 aliphatic rings. The van der Waals surface area contributed by atoms with Gasteiger partial charge in [-0.15, -0.1) is 5.10 Å². The van der Waals surface area contributed by atoms with E-state index in [-0.39, 0.29) is 11.8 Å². The first-order valence-electron chi connectivity index (χ1n) is 3.55. The molecule has 2 heterocycles. The average molecular weight is 179 g/mol. The second kappa shape index (κ2) is 2.81. The number of rotatable bonds is 1. The van der Waals surface area contributed by atoms with Crippen molar-refractivity contribution in [2.45, 2.75) is 0 Å². The minimum atomic E-state index is -0.465. The molecule has 0 aromatic carbocycles. The van der Waals surface area contributed by atoms with Crippen LogP contribution in [0.5, 0.6) is 0 Å². The fourth-order valence-electron chi connectivity index (χ4n) is 0.924. The van der Waals surface area contributed by atoms with Gasteiger partial charge in [0.2, 0.25) is 5.95 Å². The van der Waals surface area contributed by atoms with Crippen molar-refractivity contribution >= 4 is 5.95 Å². The Hall–Kier alpha value is -1.98. The second-order valence-corrected chi connectivity index (χ2v) is 2.36. The molecule has 5 nitrogen and oxygen atoms in total. The first-order valence-corrected chi connectivity index (χ1v) is 3.55.